The molecule has 1 aliphatic rings. The standard InChI is InChI=1S/C16H19NO2S/c1-13-12-17(8-10-20-13)16(19)15-7-4-6-14(11-15)5-2-3-9-18/h4,6-7,11,13,18H,3,8-10,12H2,1H3. The van der Waals surface area contributed by atoms with Gasteiger partial charge in [-0.25, -0.2) is 0 Å². The highest BCUT2D eigenvalue weighted by Gasteiger charge is 2.22. The number of amides is 1. The molecule has 0 spiro atoms. The van der Waals surface area contributed by atoms with Crippen molar-refractivity contribution >= 4 is 17.7 Å². The van der Waals surface area contributed by atoms with E-state index in [0.29, 0.717) is 17.2 Å². The summed E-state index contributed by atoms with van der Waals surface area (Å²) in [5, 5.41) is 9.22. The Kier molecular flexibility index (Phi) is 5.51. The lowest BCUT2D eigenvalue weighted by molar-refractivity contribution is 0.0763. The van der Waals surface area contributed by atoms with Crippen molar-refractivity contribution in [2.24, 2.45) is 0 Å². The number of carbonyl (C=O) groups is 1. The van der Waals surface area contributed by atoms with Gasteiger partial charge in [0.15, 0.2) is 0 Å². The summed E-state index contributed by atoms with van der Waals surface area (Å²) in [7, 11) is 0. The summed E-state index contributed by atoms with van der Waals surface area (Å²) in [6, 6.07) is 7.42. The number of aliphatic hydroxyl groups excluding tert-OH is 1. The van der Waals surface area contributed by atoms with Crippen molar-refractivity contribution in [1.29, 1.82) is 0 Å². The highest BCUT2D eigenvalue weighted by atomic mass is 32.2. The second-order valence-electron chi connectivity index (χ2n) is 4.79. The van der Waals surface area contributed by atoms with Gasteiger partial charge in [-0.05, 0) is 18.2 Å². The Morgan fingerprint density at radius 1 is 1.55 bits per heavy atom. The van der Waals surface area contributed by atoms with Gasteiger partial charge >= 0.3 is 0 Å². The smallest absolute Gasteiger partial charge is 0.253 e. The molecule has 4 heteroatoms. The van der Waals surface area contributed by atoms with Crippen LogP contribution >= 0.6 is 11.8 Å². The lowest BCUT2D eigenvalue weighted by Crippen LogP contribution is -2.41. The number of hydrogen-bond acceptors (Lipinski definition) is 3. The third-order valence-corrected chi connectivity index (χ3v) is 4.24. The average molecular weight is 289 g/mol. The van der Waals surface area contributed by atoms with Crippen LogP contribution in [0, 0.1) is 11.8 Å². The summed E-state index contributed by atoms with van der Waals surface area (Å²) in [6.07, 6.45) is 0.457. The van der Waals surface area contributed by atoms with E-state index in [1.807, 2.05) is 40.9 Å². The first kappa shape index (κ1) is 15.0. The monoisotopic (exact) mass is 289 g/mol. The van der Waals surface area contributed by atoms with Gasteiger partial charge in [0, 0.05) is 41.6 Å². The maximum absolute atomic E-state index is 12.5. The summed E-state index contributed by atoms with van der Waals surface area (Å²) >= 11 is 1.91. The van der Waals surface area contributed by atoms with Crippen LogP contribution in [-0.2, 0) is 0 Å². The molecule has 2 rings (SSSR count). The molecule has 20 heavy (non-hydrogen) atoms. The molecule has 1 amide bonds. The topological polar surface area (TPSA) is 40.5 Å². The molecule has 1 heterocycles. The lowest BCUT2D eigenvalue weighted by atomic mass is 10.1. The molecule has 1 saturated heterocycles. The minimum atomic E-state index is 0.0644. The minimum absolute atomic E-state index is 0.0644. The van der Waals surface area contributed by atoms with E-state index in [1.165, 1.54) is 0 Å². The van der Waals surface area contributed by atoms with Crippen LogP contribution in [0.4, 0.5) is 0 Å². The molecule has 0 saturated carbocycles. The molecular weight excluding hydrogens is 270 g/mol. The zero-order valence-corrected chi connectivity index (χ0v) is 12.4. The molecule has 1 aromatic carbocycles. The molecule has 1 atom stereocenters. The van der Waals surface area contributed by atoms with Crippen LogP contribution in [-0.4, -0.2) is 46.6 Å². The van der Waals surface area contributed by atoms with Gasteiger partial charge in [-0.1, -0.05) is 24.8 Å². The van der Waals surface area contributed by atoms with Gasteiger partial charge in [0.1, 0.15) is 0 Å². The lowest BCUT2D eigenvalue weighted by Gasteiger charge is -2.30. The molecule has 1 unspecified atom stereocenters. The highest BCUT2D eigenvalue weighted by molar-refractivity contribution is 7.99. The van der Waals surface area contributed by atoms with E-state index >= 15 is 0 Å². The van der Waals surface area contributed by atoms with E-state index in [1.54, 1.807) is 0 Å². The van der Waals surface area contributed by atoms with Gasteiger partial charge in [-0.2, -0.15) is 11.8 Å². The van der Waals surface area contributed by atoms with E-state index in [9.17, 15) is 4.79 Å². The first-order valence-corrected chi connectivity index (χ1v) is 7.86. The van der Waals surface area contributed by atoms with E-state index in [2.05, 4.69) is 18.8 Å². The fourth-order valence-electron chi connectivity index (χ4n) is 2.14. The Labute approximate surface area is 124 Å². The van der Waals surface area contributed by atoms with Crippen LogP contribution in [0.15, 0.2) is 24.3 Å². The number of aliphatic hydroxyl groups is 1. The fourth-order valence-corrected chi connectivity index (χ4v) is 3.15. The van der Waals surface area contributed by atoms with Gasteiger partial charge < -0.3 is 10.0 Å². The molecule has 0 aromatic heterocycles. The molecule has 106 valence electrons. The van der Waals surface area contributed by atoms with Crippen LogP contribution in [0.25, 0.3) is 0 Å². The van der Waals surface area contributed by atoms with Gasteiger partial charge in [0.2, 0.25) is 0 Å². The van der Waals surface area contributed by atoms with Crippen LogP contribution in [0.2, 0.25) is 0 Å². The maximum Gasteiger partial charge on any atom is 0.253 e. The predicted octanol–water partition coefficient (Wildman–Crippen LogP) is 2.00. The number of carbonyl (C=O) groups excluding carboxylic acids is 1. The van der Waals surface area contributed by atoms with Crippen LogP contribution in [0.1, 0.15) is 29.3 Å². The summed E-state index contributed by atoms with van der Waals surface area (Å²) < 4.78 is 0. The van der Waals surface area contributed by atoms with Gasteiger partial charge in [0.05, 0.1) is 6.61 Å². The molecular formula is C16H19NO2S. The SMILES string of the molecule is CC1CN(C(=O)c2cccc(C#CCCO)c2)CCS1. The van der Waals surface area contributed by atoms with E-state index < -0.39 is 0 Å². The van der Waals surface area contributed by atoms with E-state index in [0.717, 1.165) is 24.4 Å². The number of thioether (sulfide) groups is 1. The fraction of sp³-hybridized carbons (Fsp3) is 0.438. The number of nitrogens with zero attached hydrogens (tertiary/aromatic N) is 1. The van der Waals surface area contributed by atoms with Crippen molar-refractivity contribution in [3.05, 3.63) is 35.4 Å². The summed E-state index contributed by atoms with van der Waals surface area (Å²) in [4.78, 5) is 14.4. The van der Waals surface area contributed by atoms with E-state index in [4.69, 9.17) is 5.11 Å². The molecule has 1 fully saturated rings. The van der Waals surface area contributed by atoms with E-state index in [-0.39, 0.29) is 12.5 Å². The van der Waals surface area contributed by atoms with Crippen molar-refractivity contribution in [3.63, 3.8) is 0 Å². The molecule has 3 nitrogen and oxygen atoms in total. The summed E-state index contributed by atoms with van der Waals surface area (Å²) in [6.45, 7) is 3.84. The highest BCUT2D eigenvalue weighted by Crippen LogP contribution is 2.19. The molecule has 1 aliphatic heterocycles. The van der Waals surface area contributed by atoms with Crippen LogP contribution in [0.5, 0.6) is 0 Å². The minimum Gasteiger partial charge on any atom is -0.395 e. The van der Waals surface area contributed by atoms with Gasteiger partial charge in [-0.15, -0.1) is 0 Å². The predicted molar refractivity (Wildman–Crippen MR) is 82.8 cm³/mol. The molecule has 0 aliphatic carbocycles. The Morgan fingerprint density at radius 3 is 3.15 bits per heavy atom. The summed E-state index contributed by atoms with van der Waals surface area (Å²) in [5.41, 5.74) is 1.52. The second-order valence-corrected chi connectivity index (χ2v) is 6.34. The number of benzene rings is 1. The van der Waals surface area contributed by atoms with Crippen LogP contribution < -0.4 is 0 Å². The Bertz CT molecular complexity index is 533. The third-order valence-electron chi connectivity index (χ3n) is 3.11. The Morgan fingerprint density at radius 2 is 2.40 bits per heavy atom. The normalized spacial score (nSPS) is 18.3. The van der Waals surface area contributed by atoms with Gasteiger partial charge in [-0.3, -0.25) is 4.79 Å². The molecule has 1 N–H and O–H groups in total. The quantitative estimate of drug-likeness (QED) is 0.847. The van der Waals surface area contributed by atoms with Crippen molar-refractivity contribution in [1.82, 2.24) is 4.90 Å². The van der Waals surface area contributed by atoms with Gasteiger partial charge in [0.25, 0.3) is 5.91 Å². The average Bonchev–Trinajstić information content (AvgIpc) is 2.47. The Balaban J connectivity index is 2.10. The second kappa shape index (κ2) is 7.37. The third kappa shape index (κ3) is 4.03. The number of hydrogen-bond donors (Lipinski definition) is 1. The van der Waals surface area contributed by atoms with Crippen molar-refractivity contribution in [2.75, 3.05) is 25.4 Å². The van der Waals surface area contributed by atoms with Crippen molar-refractivity contribution in [3.8, 4) is 11.8 Å². The molecule has 0 radical (unpaired) electrons. The largest absolute Gasteiger partial charge is 0.395 e. The number of rotatable bonds is 2. The van der Waals surface area contributed by atoms with Crippen molar-refractivity contribution < 1.29 is 9.90 Å². The first-order valence-electron chi connectivity index (χ1n) is 6.81. The van der Waals surface area contributed by atoms with Crippen LogP contribution in [0.3, 0.4) is 0 Å². The maximum atomic E-state index is 12.5. The molecule has 1 aromatic rings. The Hall–Kier alpha value is -1.44. The first-order chi connectivity index (χ1) is 9.70. The summed E-state index contributed by atoms with van der Waals surface area (Å²) in [5.74, 6) is 6.93. The zero-order valence-electron chi connectivity index (χ0n) is 11.6. The van der Waals surface area contributed by atoms with Crippen molar-refractivity contribution in [2.45, 2.75) is 18.6 Å². The molecule has 0 bridgehead atoms. The zero-order chi connectivity index (χ0) is 14.4.